The van der Waals surface area contributed by atoms with Crippen LogP contribution in [-0.2, 0) is 4.79 Å². The van der Waals surface area contributed by atoms with Crippen molar-refractivity contribution in [3.63, 3.8) is 0 Å². The first kappa shape index (κ1) is 24.7. The predicted octanol–water partition coefficient (Wildman–Crippen LogP) is 5.73. The van der Waals surface area contributed by atoms with Crippen molar-refractivity contribution >= 4 is 50.4 Å². The minimum Gasteiger partial charge on any atom is -0.493 e. The first-order valence-electron chi connectivity index (χ1n) is 10.7. The van der Waals surface area contributed by atoms with E-state index in [0.29, 0.717) is 33.5 Å². The standard InChI is InChI=1S/C26H21BrN4O5/c1-35-21-11-8-15(13-22(21)36-2)12-20(29-24(32)16-6-4-3-5-7-16)25(33)31-30-23-18-14-17(27)9-10-19(18)28-26(23)34/h3-14,28,34H,1-2H3,(H,29,32). The van der Waals surface area contributed by atoms with Crippen LogP contribution >= 0.6 is 15.9 Å². The Hall–Kier alpha value is -4.44. The van der Waals surface area contributed by atoms with E-state index in [0.717, 1.165) is 4.47 Å². The predicted molar refractivity (Wildman–Crippen MR) is 139 cm³/mol. The maximum absolute atomic E-state index is 13.1. The van der Waals surface area contributed by atoms with Crippen LogP contribution in [0, 0.1) is 0 Å². The molecule has 182 valence electrons. The molecule has 0 aliphatic carbocycles. The molecular formula is C26H21BrN4O5. The number of H-pyrrole nitrogens is 1. The first-order valence-corrected chi connectivity index (χ1v) is 11.4. The van der Waals surface area contributed by atoms with Crippen molar-refractivity contribution in [2.75, 3.05) is 14.2 Å². The van der Waals surface area contributed by atoms with E-state index in [1.165, 1.54) is 20.3 Å². The van der Waals surface area contributed by atoms with Crippen molar-refractivity contribution in [1.82, 2.24) is 10.3 Å². The number of aromatic amines is 1. The van der Waals surface area contributed by atoms with Crippen LogP contribution in [0.4, 0.5) is 5.69 Å². The second-order valence-corrected chi connectivity index (χ2v) is 8.43. The molecule has 0 atom stereocenters. The first-order chi connectivity index (χ1) is 17.4. The number of benzene rings is 3. The largest absolute Gasteiger partial charge is 0.493 e. The highest BCUT2D eigenvalue weighted by molar-refractivity contribution is 9.10. The fraction of sp³-hybridized carbons (Fsp3) is 0.0769. The number of hydrogen-bond donors (Lipinski definition) is 3. The van der Waals surface area contributed by atoms with Crippen LogP contribution in [0.15, 0.2) is 87.1 Å². The molecule has 0 fully saturated rings. The van der Waals surface area contributed by atoms with Gasteiger partial charge in [0.15, 0.2) is 17.2 Å². The second-order valence-electron chi connectivity index (χ2n) is 7.51. The molecule has 0 saturated heterocycles. The summed E-state index contributed by atoms with van der Waals surface area (Å²) in [4.78, 5) is 28.7. The number of carbonyl (C=O) groups is 2. The van der Waals surface area contributed by atoms with E-state index in [1.54, 1.807) is 66.7 Å². The van der Waals surface area contributed by atoms with Crippen LogP contribution in [0.5, 0.6) is 17.4 Å². The van der Waals surface area contributed by atoms with E-state index >= 15 is 0 Å². The maximum Gasteiger partial charge on any atom is 0.311 e. The summed E-state index contributed by atoms with van der Waals surface area (Å²) in [5.41, 5.74) is 1.51. The summed E-state index contributed by atoms with van der Waals surface area (Å²) in [7, 11) is 3.01. The number of fused-ring (bicyclic) bond motifs is 1. The molecule has 3 N–H and O–H groups in total. The van der Waals surface area contributed by atoms with Crippen LogP contribution in [0.3, 0.4) is 0 Å². The van der Waals surface area contributed by atoms with Gasteiger partial charge in [-0.3, -0.25) is 9.59 Å². The minimum atomic E-state index is -0.821. The zero-order chi connectivity index (χ0) is 25.7. The number of nitrogens with one attached hydrogen (secondary N) is 2. The van der Waals surface area contributed by atoms with Crippen LogP contribution < -0.4 is 14.8 Å². The van der Waals surface area contributed by atoms with Gasteiger partial charge >= 0.3 is 5.91 Å². The highest BCUT2D eigenvalue weighted by atomic mass is 79.9. The average Bonchev–Trinajstić information content (AvgIpc) is 3.21. The summed E-state index contributed by atoms with van der Waals surface area (Å²) in [6.07, 6.45) is 1.45. The summed E-state index contributed by atoms with van der Waals surface area (Å²) in [5, 5.41) is 21.2. The zero-order valence-corrected chi connectivity index (χ0v) is 20.9. The van der Waals surface area contributed by atoms with Gasteiger partial charge in [-0.2, -0.15) is 0 Å². The number of nitrogens with zero attached hydrogens (tertiary/aromatic N) is 2. The number of methoxy groups -OCH3 is 2. The van der Waals surface area contributed by atoms with Crippen molar-refractivity contribution in [3.05, 3.63) is 88.0 Å². The molecular weight excluding hydrogens is 528 g/mol. The van der Waals surface area contributed by atoms with Crippen molar-refractivity contribution in [3.8, 4) is 17.4 Å². The zero-order valence-electron chi connectivity index (χ0n) is 19.3. The summed E-state index contributed by atoms with van der Waals surface area (Å²) in [6.45, 7) is 0. The molecule has 0 saturated carbocycles. The topological polar surface area (TPSA) is 125 Å². The quantitative estimate of drug-likeness (QED) is 0.200. The lowest BCUT2D eigenvalue weighted by atomic mass is 10.1. The molecule has 0 aliphatic rings. The van der Waals surface area contributed by atoms with Crippen molar-refractivity contribution < 1.29 is 24.2 Å². The molecule has 4 rings (SSSR count). The Labute approximate surface area is 214 Å². The minimum absolute atomic E-state index is 0.0968. The van der Waals surface area contributed by atoms with Gasteiger partial charge in [0.1, 0.15) is 5.70 Å². The lowest BCUT2D eigenvalue weighted by molar-refractivity contribution is -0.115. The molecule has 1 heterocycles. The third-order valence-electron chi connectivity index (χ3n) is 5.19. The Balaban J connectivity index is 1.70. The van der Waals surface area contributed by atoms with Crippen LogP contribution in [0.1, 0.15) is 15.9 Å². The van der Waals surface area contributed by atoms with Gasteiger partial charge in [-0.1, -0.05) is 40.2 Å². The van der Waals surface area contributed by atoms with E-state index in [9.17, 15) is 14.7 Å². The molecule has 0 unspecified atom stereocenters. The molecule has 36 heavy (non-hydrogen) atoms. The molecule has 0 bridgehead atoms. The number of aromatic hydroxyl groups is 1. The summed E-state index contributed by atoms with van der Waals surface area (Å²) in [5.74, 6) is -0.596. The van der Waals surface area contributed by atoms with Gasteiger partial charge in [0, 0.05) is 15.4 Å². The summed E-state index contributed by atoms with van der Waals surface area (Å²) >= 11 is 3.38. The molecule has 9 nitrogen and oxygen atoms in total. The highest BCUT2D eigenvalue weighted by Crippen LogP contribution is 2.37. The Kier molecular flexibility index (Phi) is 7.45. The summed E-state index contributed by atoms with van der Waals surface area (Å²) in [6, 6.07) is 18.8. The van der Waals surface area contributed by atoms with Crippen LogP contribution in [0.25, 0.3) is 17.0 Å². The van der Waals surface area contributed by atoms with Crippen molar-refractivity contribution in [2.24, 2.45) is 10.2 Å². The Morgan fingerprint density at radius 3 is 2.47 bits per heavy atom. The fourth-order valence-corrected chi connectivity index (χ4v) is 3.79. The van der Waals surface area contributed by atoms with Crippen LogP contribution in [-0.4, -0.2) is 36.1 Å². The average molecular weight is 549 g/mol. The maximum atomic E-state index is 13.1. The number of halogens is 1. The van der Waals surface area contributed by atoms with Gasteiger partial charge in [0.25, 0.3) is 5.91 Å². The molecule has 0 radical (unpaired) electrons. The molecule has 2 amide bonds. The number of aromatic nitrogens is 1. The molecule has 0 aliphatic heterocycles. The van der Waals surface area contributed by atoms with Gasteiger partial charge < -0.3 is 24.9 Å². The molecule has 3 aromatic carbocycles. The number of hydrogen-bond acceptors (Lipinski definition) is 6. The second kappa shape index (κ2) is 10.9. The van der Waals surface area contributed by atoms with E-state index in [-0.39, 0.29) is 17.3 Å². The molecule has 4 aromatic rings. The van der Waals surface area contributed by atoms with E-state index in [1.807, 2.05) is 0 Å². The monoisotopic (exact) mass is 548 g/mol. The van der Waals surface area contributed by atoms with E-state index in [4.69, 9.17) is 9.47 Å². The van der Waals surface area contributed by atoms with Gasteiger partial charge in [0.2, 0.25) is 5.88 Å². The smallest absolute Gasteiger partial charge is 0.311 e. The van der Waals surface area contributed by atoms with Gasteiger partial charge in [-0.05, 0) is 54.1 Å². The van der Waals surface area contributed by atoms with Crippen molar-refractivity contribution in [1.29, 1.82) is 0 Å². The Morgan fingerprint density at radius 1 is 1.00 bits per heavy atom. The number of amides is 2. The number of ether oxygens (including phenoxy) is 2. The summed E-state index contributed by atoms with van der Waals surface area (Å²) < 4.78 is 11.3. The SMILES string of the molecule is COc1ccc(C=C(NC(=O)c2ccccc2)C(=O)N=Nc2c(O)[nH]c3ccc(Br)cc23)cc1OC. The van der Waals surface area contributed by atoms with Crippen molar-refractivity contribution in [2.45, 2.75) is 0 Å². The number of rotatable bonds is 7. The lowest BCUT2D eigenvalue weighted by Crippen LogP contribution is -2.26. The normalized spacial score (nSPS) is 11.6. The Bertz CT molecular complexity index is 1500. The van der Waals surface area contributed by atoms with E-state index < -0.39 is 11.8 Å². The lowest BCUT2D eigenvalue weighted by Gasteiger charge is -2.10. The molecule has 10 heteroatoms. The molecule has 1 aromatic heterocycles. The number of azo groups is 1. The van der Waals surface area contributed by atoms with E-state index in [2.05, 4.69) is 36.5 Å². The van der Waals surface area contributed by atoms with Gasteiger partial charge in [-0.15, -0.1) is 10.2 Å². The fourth-order valence-electron chi connectivity index (χ4n) is 3.43. The van der Waals surface area contributed by atoms with Gasteiger partial charge in [-0.25, -0.2) is 0 Å². The van der Waals surface area contributed by atoms with Crippen LogP contribution in [0.2, 0.25) is 0 Å². The van der Waals surface area contributed by atoms with Gasteiger partial charge in [0.05, 0.1) is 19.7 Å². The Morgan fingerprint density at radius 2 is 1.75 bits per heavy atom. The third kappa shape index (κ3) is 5.44. The molecule has 0 spiro atoms. The highest BCUT2D eigenvalue weighted by Gasteiger charge is 2.17. The number of carbonyl (C=O) groups excluding carboxylic acids is 2. The third-order valence-corrected chi connectivity index (χ3v) is 5.68.